The monoisotopic (exact) mass is 387 g/mol. The van der Waals surface area contributed by atoms with Crippen LogP contribution in [-0.4, -0.2) is 55.6 Å². The third-order valence-electron chi connectivity index (χ3n) is 3.51. The van der Waals surface area contributed by atoms with E-state index in [1.165, 1.54) is 23.5 Å². The van der Waals surface area contributed by atoms with Crippen molar-refractivity contribution in [3.8, 4) is 0 Å². The number of nitrogens with one attached hydrogen (secondary N) is 1. The Morgan fingerprint density at radius 3 is 2.68 bits per heavy atom. The van der Waals surface area contributed by atoms with Gasteiger partial charge in [0.1, 0.15) is 11.7 Å². The average molecular weight is 387 g/mol. The molecule has 25 heavy (non-hydrogen) atoms. The summed E-state index contributed by atoms with van der Waals surface area (Å²) in [6.07, 6.45) is 0. The fraction of sp³-hybridized carbons (Fsp3) is 0.462. The van der Waals surface area contributed by atoms with Crippen LogP contribution in [0.4, 0.5) is 5.13 Å². The number of amides is 2. The Bertz CT molecular complexity index is 747. The lowest BCUT2D eigenvalue weighted by molar-refractivity contribution is -0.161. The van der Waals surface area contributed by atoms with Gasteiger partial charge >= 0.3 is 5.97 Å². The van der Waals surface area contributed by atoms with Crippen molar-refractivity contribution in [2.75, 3.05) is 5.73 Å². The van der Waals surface area contributed by atoms with Crippen molar-refractivity contribution < 1.29 is 24.3 Å². The van der Waals surface area contributed by atoms with Crippen molar-refractivity contribution in [1.82, 2.24) is 14.6 Å². The molecule has 1 fully saturated rings. The second-order valence-electron chi connectivity index (χ2n) is 5.79. The van der Waals surface area contributed by atoms with Gasteiger partial charge in [0.2, 0.25) is 5.60 Å². The number of carbonyl (C=O) groups excluding carboxylic acids is 2. The van der Waals surface area contributed by atoms with Crippen LogP contribution in [0.15, 0.2) is 10.5 Å². The minimum Gasteiger partial charge on any atom is -0.478 e. The molecule has 2 amide bonds. The van der Waals surface area contributed by atoms with Gasteiger partial charge in [-0.05, 0) is 20.8 Å². The summed E-state index contributed by atoms with van der Waals surface area (Å²) in [7, 11) is 0. The van der Waals surface area contributed by atoms with E-state index in [0.717, 1.165) is 11.3 Å². The van der Waals surface area contributed by atoms with Crippen LogP contribution in [0.1, 0.15) is 26.5 Å². The minimum atomic E-state index is -1.66. The molecule has 4 N–H and O–H groups in total. The molecule has 136 valence electrons. The number of nitrogen functional groups attached to an aromatic ring is 1. The minimum absolute atomic E-state index is 0.114. The Balaban J connectivity index is 2.24. The largest absolute Gasteiger partial charge is 0.478 e. The van der Waals surface area contributed by atoms with E-state index in [0.29, 0.717) is 0 Å². The molecule has 1 saturated heterocycles. The normalized spacial score (nSPS) is 20.9. The van der Waals surface area contributed by atoms with Crippen molar-refractivity contribution in [3.05, 3.63) is 11.1 Å². The predicted octanol–water partition coefficient (Wildman–Crippen LogP) is -0.130. The van der Waals surface area contributed by atoms with Crippen molar-refractivity contribution in [1.29, 1.82) is 0 Å². The fourth-order valence-electron chi connectivity index (χ4n) is 1.80. The van der Waals surface area contributed by atoms with E-state index in [2.05, 4.69) is 28.3 Å². The number of aromatic nitrogens is 1. The highest BCUT2D eigenvalue weighted by Crippen LogP contribution is 2.22. The van der Waals surface area contributed by atoms with Crippen molar-refractivity contribution in [2.24, 2.45) is 5.16 Å². The lowest BCUT2D eigenvalue weighted by Gasteiger charge is -2.41. The molecule has 1 aromatic rings. The Kier molecular flexibility index (Phi) is 5.23. The smallest absolute Gasteiger partial charge is 0.350 e. The van der Waals surface area contributed by atoms with E-state index < -0.39 is 23.5 Å². The molecule has 2 rings (SSSR count). The van der Waals surface area contributed by atoms with Crippen LogP contribution in [0.25, 0.3) is 0 Å². The number of carbonyl (C=O) groups is 3. The zero-order valence-electron chi connectivity index (χ0n) is 13.6. The van der Waals surface area contributed by atoms with Gasteiger partial charge in [-0.25, -0.2) is 9.78 Å². The van der Waals surface area contributed by atoms with Gasteiger partial charge in [-0.2, -0.15) is 0 Å². The number of anilines is 1. The fourth-order valence-corrected chi connectivity index (χ4v) is 2.61. The van der Waals surface area contributed by atoms with E-state index >= 15 is 0 Å². The van der Waals surface area contributed by atoms with Crippen LogP contribution < -0.4 is 11.1 Å². The molecular weight excluding hydrogens is 370 g/mol. The lowest BCUT2D eigenvalue weighted by atomic mass is 10.0. The van der Waals surface area contributed by atoms with Gasteiger partial charge < -0.3 is 21.0 Å². The number of rotatable bonds is 6. The van der Waals surface area contributed by atoms with Gasteiger partial charge in [0.15, 0.2) is 10.8 Å². The second-order valence-corrected chi connectivity index (χ2v) is 7.11. The molecule has 2 heterocycles. The second kappa shape index (κ2) is 6.88. The maximum absolute atomic E-state index is 12.5. The topological polar surface area (TPSA) is 147 Å². The van der Waals surface area contributed by atoms with E-state index in [1.54, 1.807) is 6.92 Å². The first kappa shape index (κ1) is 19.0. The Hall–Kier alpha value is -2.34. The highest BCUT2D eigenvalue weighted by Gasteiger charge is 2.44. The first-order valence-electron chi connectivity index (χ1n) is 7.08. The van der Waals surface area contributed by atoms with Gasteiger partial charge in [-0.15, -0.1) is 11.3 Å². The highest BCUT2D eigenvalue weighted by molar-refractivity contribution is 7.78. The summed E-state index contributed by atoms with van der Waals surface area (Å²) < 4.78 is 1.19. The van der Waals surface area contributed by atoms with Crippen LogP contribution in [0, 0.1) is 0 Å². The Labute approximate surface area is 152 Å². The van der Waals surface area contributed by atoms with E-state index in [1.807, 2.05) is 0 Å². The van der Waals surface area contributed by atoms with E-state index in [-0.39, 0.29) is 28.5 Å². The first-order valence-corrected chi connectivity index (χ1v) is 8.36. The molecule has 10 nitrogen and oxygen atoms in total. The molecule has 1 aromatic heterocycles. The summed E-state index contributed by atoms with van der Waals surface area (Å²) in [5.74, 6) is -2.37. The van der Waals surface area contributed by atoms with Gasteiger partial charge in [-0.3, -0.25) is 13.9 Å². The SMILES string of the molecule is CC1[C@H](NC(=O)/C(=N\OC(C)(C)C(=O)O)c2csc(N)n2)C(=O)N1S. The van der Waals surface area contributed by atoms with E-state index in [4.69, 9.17) is 15.7 Å². The molecule has 0 aliphatic carbocycles. The first-order chi connectivity index (χ1) is 11.5. The summed E-state index contributed by atoms with van der Waals surface area (Å²) in [4.78, 5) is 44.3. The van der Waals surface area contributed by atoms with Crippen molar-refractivity contribution >= 4 is 52.8 Å². The van der Waals surface area contributed by atoms with Crippen LogP contribution in [0.2, 0.25) is 0 Å². The van der Waals surface area contributed by atoms with Crippen LogP contribution in [0.3, 0.4) is 0 Å². The van der Waals surface area contributed by atoms with Gasteiger partial charge in [0, 0.05) is 5.38 Å². The zero-order chi connectivity index (χ0) is 18.9. The number of β-lactam (4-membered cyclic amide) rings is 1. The lowest BCUT2D eigenvalue weighted by Crippen LogP contribution is -2.66. The van der Waals surface area contributed by atoms with E-state index in [9.17, 15) is 14.4 Å². The van der Waals surface area contributed by atoms with Crippen LogP contribution in [-0.2, 0) is 19.2 Å². The molecule has 1 unspecified atom stereocenters. The summed E-state index contributed by atoms with van der Waals surface area (Å²) in [6, 6.07) is -1.07. The molecule has 0 bridgehead atoms. The molecule has 1 aliphatic heterocycles. The van der Waals surface area contributed by atoms with Gasteiger partial charge in [0.25, 0.3) is 11.8 Å². The molecule has 12 heteroatoms. The maximum atomic E-state index is 12.5. The summed E-state index contributed by atoms with van der Waals surface area (Å²) in [5, 5.41) is 16.9. The number of hydrogen-bond donors (Lipinski definition) is 4. The summed E-state index contributed by atoms with van der Waals surface area (Å²) in [6.45, 7) is 4.27. The van der Waals surface area contributed by atoms with Crippen molar-refractivity contribution in [3.63, 3.8) is 0 Å². The average Bonchev–Trinajstić information content (AvgIpc) is 2.97. The molecule has 0 saturated carbocycles. The van der Waals surface area contributed by atoms with Crippen LogP contribution >= 0.6 is 24.2 Å². The van der Waals surface area contributed by atoms with Crippen molar-refractivity contribution in [2.45, 2.75) is 38.5 Å². The molecule has 1 aliphatic rings. The Morgan fingerprint density at radius 2 is 2.20 bits per heavy atom. The Morgan fingerprint density at radius 1 is 1.56 bits per heavy atom. The number of hydrogen-bond acceptors (Lipinski definition) is 9. The number of nitrogens with zero attached hydrogens (tertiary/aromatic N) is 3. The molecule has 0 aromatic carbocycles. The number of aliphatic carboxylic acids is 1. The standard InChI is InChI=1S/C13H17N5O5S2/c1-5-7(10(20)18(5)24)16-9(19)8(6-4-25-12(14)15-6)17-23-13(2,3)11(21)22/h4-5,7,24H,1-3H3,(H2,14,15)(H,16,19)(H,21,22)/b17-8-/t5?,7-/m0/s1. The molecule has 2 atom stereocenters. The molecule has 0 spiro atoms. The third-order valence-corrected chi connectivity index (χ3v) is 4.74. The predicted molar refractivity (Wildman–Crippen MR) is 93.1 cm³/mol. The number of thiol groups is 1. The quantitative estimate of drug-likeness (QED) is 0.230. The zero-order valence-corrected chi connectivity index (χ0v) is 15.3. The number of oxime groups is 1. The highest BCUT2D eigenvalue weighted by atomic mass is 32.1. The van der Waals surface area contributed by atoms with Gasteiger partial charge in [0.05, 0.1) is 6.04 Å². The summed E-state index contributed by atoms with van der Waals surface area (Å²) >= 11 is 5.04. The number of thiazole rings is 1. The number of carboxylic acid groups (broad SMARTS) is 1. The molecule has 0 radical (unpaired) electrons. The number of nitrogens with two attached hydrogens (primary N) is 1. The van der Waals surface area contributed by atoms with Crippen LogP contribution in [0.5, 0.6) is 0 Å². The number of carboxylic acids is 1. The molecular formula is C13H17N5O5S2. The van der Waals surface area contributed by atoms with Gasteiger partial charge in [-0.1, -0.05) is 18.0 Å². The third kappa shape index (κ3) is 3.85. The summed E-state index contributed by atoms with van der Waals surface area (Å²) in [5.41, 5.74) is 3.74. The maximum Gasteiger partial charge on any atom is 0.350 e.